The molecule has 25 heavy (non-hydrogen) atoms. The fraction of sp³-hybridized carbons (Fsp3) is 0.368. The Balaban J connectivity index is 1.81. The van der Waals surface area contributed by atoms with Crippen molar-refractivity contribution in [1.82, 2.24) is 9.57 Å². The number of benzene rings is 2. The van der Waals surface area contributed by atoms with Gasteiger partial charge in [-0.25, -0.2) is 9.24 Å². The molecule has 3 rings (SSSR count). The number of nitrogens with zero attached hydrogens (tertiary/aromatic N) is 2. The third-order valence-corrected chi connectivity index (χ3v) is 6.71. The van der Waals surface area contributed by atoms with Crippen LogP contribution in [0.15, 0.2) is 60.7 Å². The summed E-state index contributed by atoms with van der Waals surface area (Å²) in [6.07, 6.45) is 0. The quantitative estimate of drug-likeness (QED) is 0.733. The SMILES string of the molecule is COP(=O)(OC)N1CCN(C(c2ccccc2)c2ccccc2)CC1. The monoisotopic (exact) mass is 360 g/mol. The summed E-state index contributed by atoms with van der Waals surface area (Å²) in [6, 6.07) is 21.2. The van der Waals surface area contributed by atoms with E-state index in [0.29, 0.717) is 13.1 Å². The maximum absolute atomic E-state index is 12.6. The van der Waals surface area contributed by atoms with Gasteiger partial charge in [0, 0.05) is 40.4 Å². The smallest absolute Gasteiger partial charge is 0.300 e. The van der Waals surface area contributed by atoms with Gasteiger partial charge in [0.1, 0.15) is 0 Å². The van der Waals surface area contributed by atoms with E-state index in [2.05, 4.69) is 53.4 Å². The van der Waals surface area contributed by atoms with Gasteiger partial charge in [0.05, 0.1) is 6.04 Å². The Morgan fingerprint density at radius 3 is 1.64 bits per heavy atom. The molecule has 0 bridgehead atoms. The fourth-order valence-corrected chi connectivity index (χ4v) is 4.68. The largest absolute Gasteiger partial charge is 0.407 e. The number of hydrogen-bond acceptors (Lipinski definition) is 4. The fourth-order valence-electron chi connectivity index (χ4n) is 3.40. The highest BCUT2D eigenvalue weighted by molar-refractivity contribution is 7.51. The Kier molecular flexibility index (Phi) is 6.05. The van der Waals surface area contributed by atoms with Gasteiger partial charge in [-0.2, -0.15) is 0 Å². The number of piperazine rings is 1. The molecule has 0 amide bonds. The summed E-state index contributed by atoms with van der Waals surface area (Å²) in [6.45, 7) is 2.89. The van der Waals surface area contributed by atoms with E-state index >= 15 is 0 Å². The van der Waals surface area contributed by atoms with Crippen molar-refractivity contribution in [3.05, 3.63) is 71.8 Å². The summed E-state index contributed by atoms with van der Waals surface area (Å²) >= 11 is 0. The molecule has 0 unspecified atom stereocenters. The molecule has 1 saturated heterocycles. The van der Waals surface area contributed by atoms with Crippen LogP contribution in [0, 0.1) is 0 Å². The molecule has 1 heterocycles. The summed E-state index contributed by atoms with van der Waals surface area (Å²) in [5, 5.41) is 0. The topological polar surface area (TPSA) is 42.0 Å². The molecule has 6 heteroatoms. The van der Waals surface area contributed by atoms with Crippen LogP contribution in [-0.2, 0) is 13.6 Å². The van der Waals surface area contributed by atoms with Gasteiger partial charge >= 0.3 is 7.75 Å². The van der Waals surface area contributed by atoms with Gasteiger partial charge in [0.2, 0.25) is 0 Å². The van der Waals surface area contributed by atoms with Crippen LogP contribution in [0.4, 0.5) is 0 Å². The Morgan fingerprint density at radius 2 is 1.24 bits per heavy atom. The van der Waals surface area contributed by atoms with Gasteiger partial charge in [-0.15, -0.1) is 0 Å². The summed E-state index contributed by atoms with van der Waals surface area (Å²) in [7, 11) is -0.275. The van der Waals surface area contributed by atoms with Crippen LogP contribution in [0.25, 0.3) is 0 Å². The van der Waals surface area contributed by atoms with Crippen molar-refractivity contribution in [2.24, 2.45) is 0 Å². The molecule has 134 valence electrons. The summed E-state index contributed by atoms with van der Waals surface area (Å²) in [4.78, 5) is 2.43. The predicted molar refractivity (Wildman–Crippen MR) is 99.5 cm³/mol. The summed E-state index contributed by atoms with van der Waals surface area (Å²) in [5.41, 5.74) is 2.53. The predicted octanol–water partition coefficient (Wildman–Crippen LogP) is 3.79. The molecule has 0 aliphatic carbocycles. The van der Waals surface area contributed by atoms with Gasteiger partial charge in [0.15, 0.2) is 0 Å². The van der Waals surface area contributed by atoms with Gasteiger partial charge in [-0.3, -0.25) is 13.9 Å². The molecule has 2 aromatic rings. The molecular weight excluding hydrogens is 335 g/mol. The van der Waals surface area contributed by atoms with Gasteiger partial charge in [-0.1, -0.05) is 60.7 Å². The second-order valence-electron chi connectivity index (χ2n) is 6.05. The average Bonchev–Trinajstić information content (AvgIpc) is 2.70. The third-order valence-electron chi connectivity index (χ3n) is 4.69. The van der Waals surface area contributed by atoms with Crippen LogP contribution < -0.4 is 0 Å². The molecule has 1 aliphatic rings. The van der Waals surface area contributed by atoms with Crippen molar-refractivity contribution in [2.45, 2.75) is 6.04 Å². The number of hydrogen-bond donors (Lipinski definition) is 0. The summed E-state index contributed by atoms with van der Waals surface area (Å²) in [5.74, 6) is 0. The zero-order valence-electron chi connectivity index (χ0n) is 14.7. The highest BCUT2D eigenvalue weighted by Gasteiger charge is 2.36. The lowest BCUT2D eigenvalue weighted by molar-refractivity contribution is 0.123. The summed E-state index contributed by atoms with van der Waals surface area (Å²) < 4.78 is 24.7. The molecule has 0 radical (unpaired) electrons. The lowest BCUT2D eigenvalue weighted by Gasteiger charge is -2.40. The zero-order chi connectivity index (χ0) is 17.7. The van der Waals surface area contributed by atoms with Crippen LogP contribution in [0.1, 0.15) is 17.2 Å². The highest BCUT2D eigenvalue weighted by Crippen LogP contribution is 2.50. The minimum atomic E-state index is -3.15. The molecule has 5 nitrogen and oxygen atoms in total. The maximum Gasteiger partial charge on any atom is 0.407 e. The van der Waals surface area contributed by atoms with E-state index < -0.39 is 7.75 Å². The Hall–Kier alpha value is -1.49. The van der Waals surface area contributed by atoms with Crippen LogP contribution in [0.5, 0.6) is 0 Å². The first-order valence-corrected chi connectivity index (χ1v) is 9.98. The van der Waals surface area contributed by atoms with Gasteiger partial charge in [-0.05, 0) is 11.1 Å². The van der Waals surface area contributed by atoms with E-state index in [1.165, 1.54) is 25.3 Å². The van der Waals surface area contributed by atoms with Crippen molar-refractivity contribution in [2.75, 3.05) is 40.4 Å². The van der Waals surface area contributed by atoms with Crippen LogP contribution >= 0.6 is 7.75 Å². The maximum atomic E-state index is 12.6. The van der Waals surface area contributed by atoms with Crippen LogP contribution in [0.3, 0.4) is 0 Å². The first kappa shape index (κ1) is 18.3. The Bertz CT molecular complexity index is 656. The van der Waals surface area contributed by atoms with E-state index in [-0.39, 0.29) is 6.04 Å². The number of rotatable bonds is 6. The first-order chi connectivity index (χ1) is 12.2. The second-order valence-corrected chi connectivity index (χ2v) is 8.28. The van der Waals surface area contributed by atoms with E-state index in [4.69, 9.17) is 9.05 Å². The molecule has 0 aromatic heterocycles. The molecule has 0 N–H and O–H groups in total. The minimum absolute atomic E-state index is 0.189. The standard InChI is InChI=1S/C19H25N2O3P/c1-23-25(22,24-2)21-15-13-20(14-16-21)19(17-9-5-3-6-10-17)18-11-7-4-8-12-18/h3-12,19H,13-16H2,1-2H3. The minimum Gasteiger partial charge on any atom is -0.300 e. The molecule has 0 atom stereocenters. The lowest BCUT2D eigenvalue weighted by Crippen LogP contribution is -2.46. The molecule has 2 aromatic carbocycles. The second kappa shape index (κ2) is 8.26. The lowest BCUT2D eigenvalue weighted by atomic mass is 9.96. The van der Waals surface area contributed by atoms with Crippen molar-refractivity contribution in [3.63, 3.8) is 0 Å². The van der Waals surface area contributed by atoms with Crippen molar-refractivity contribution in [3.8, 4) is 0 Å². The third kappa shape index (κ3) is 4.02. The average molecular weight is 360 g/mol. The van der Waals surface area contributed by atoms with Gasteiger partial charge in [0.25, 0.3) is 0 Å². The van der Waals surface area contributed by atoms with Crippen LogP contribution in [-0.4, -0.2) is 50.0 Å². The molecule has 0 saturated carbocycles. The molecule has 1 aliphatic heterocycles. The van der Waals surface area contributed by atoms with E-state index in [0.717, 1.165) is 13.1 Å². The van der Waals surface area contributed by atoms with Crippen molar-refractivity contribution < 1.29 is 13.6 Å². The van der Waals surface area contributed by atoms with Crippen LogP contribution in [0.2, 0.25) is 0 Å². The highest BCUT2D eigenvalue weighted by atomic mass is 31.2. The Labute approximate surface area is 149 Å². The molecular formula is C19H25N2O3P. The first-order valence-electron chi connectivity index (χ1n) is 8.49. The van der Waals surface area contributed by atoms with E-state index in [9.17, 15) is 4.57 Å². The van der Waals surface area contributed by atoms with E-state index in [1.807, 2.05) is 16.8 Å². The molecule has 1 fully saturated rings. The van der Waals surface area contributed by atoms with Crippen molar-refractivity contribution in [1.29, 1.82) is 0 Å². The van der Waals surface area contributed by atoms with E-state index in [1.54, 1.807) is 0 Å². The zero-order valence-corrected chi connectivity index (χ0v) is 15.6. The normalized spacial score (nSPS) is 17.1. The Morgan fingerprint density at radius 1 is 0.800 bits per heavy atom. The van der Waals surface area contributed by atoms with Crippen molar-refractivity contribution >= 4 is 7.75 Å². The van der Waals surface area contributed by atoms with Gasteiger partial charge < -0.3 is 0 Å². The molecule has 0 spiro atoms.